The Hall–Kier alpha value is -1.44. The van der Waals surface area contributed by atoms with Crippen molar-refractivity contribution in [1.29, 1.82) is 0 Å². The summed E-state index contributed by atoms with van der Waals surface area (Å²) < 4.78 is 27.5. The molecule has 0 spiro atoms. The lowest BCUT2D eigenvalue weighted by Gasteiger charge is -2.32. The predicted molar refractivity (Wildman–Crippen MR) is 110 cm³/mol. The Morgan fingerprint density at radius 3 is 2.39 bits per heavy atom. The number of sulfonamides is 1. The number of benzene rings is 1. The molecule has 1 amide bonds. The Morgan fingerprint density at radius 1 is 1.14 bits per heavy atom. The number of piperazine rings is 1. The lowest BCUT2D eigenvalue weighted by molar-refractivity contribution is -0.895. The third kappa shape index (κ3) is 5.13. The highest BCUT2D eigenvalue weighted by Gasteiger charge is 2.32. The highest BCUT2D eigenvalue weighted by molar-refractivity contribution is 7.89. The van der Waals surface area contributed by atoms with Gasteiger partial charge >= 0.3 is 0 Å². The van der Waals surface area contributed by atoms with E-state index in [1.54, 1.807) is 10.4 Å². The highest BCUT2D eigenvalue weighted by atomic mass is 32.2. The number of hydrogen-bond acceptors (Lipinski definition) is 3. The van der Waals surface area contributed by atoms with Gasteiger partial charge in [0.25, 0.3) is 5.91 Å². The second-order valence-electron chi connectivity index (χ2n) is 8.62. The van der Waals surface area contributed by atoms with Crippen LogP contribution in [0.1, 0.15) is 43.7 Å². The van der Waals surface area contributed by atoms with Gasteiger partial charge < -0.3 is 10.2 Å². The third-order valence-electron chi connectivity index (χ3n) is 6.17. The van der Waals surface area contributed by atoms with Crippen LogP contribution in [0.15, 0.2) is 23.1 Å². The van der Waals surface area contributed by atoms with E-state index >= 15 is 0 Å². The lowest BCUT2D eigenvalue weighted by Crippen LogP contribution is -3.15. The predicted octanol–water partition coefficient (Wildman–Crippen LogP) is 0.888. The van der Waals surface area contributed by atoms with Crippen molar-refractivity contribution in [3.8, 4) is 0 Å². The zero-order valence-corrected chi connectivity index (χ0v) is 18.1. The van der Waals surface area contributed by atoms with Crippen LogP contribution in [0, 0.1) is 19.8 Å². The minimum Gasteiger partial charge on any atom is -0.348 e. The van der Waals surface area contributed by atoms with Crippen molar-refractivity contribution in [3.63, 3.8) is 0 Å². The van der Waals surface area contributed by atoms with Crippen molar-refractivity contribution in [3.05, 3.63) is 29.3 Å². The van der Waals surface area contributed by atoms with Gasteiger partial charge in [-0.05, 0) is 57.1 Å². The summed E-state index contributed by atoms with van der Waals surface area (Å²) in [6.45, 7) is 8.76. The average molecular weight is 409 g/mol. The number of hydrogen-bond donors (Lipinski definition) is 2. The second kappa shape index (κ2) is 8.93. The van der Waals surface area contributed by atoms with Crippen LogP contribution in [0.5, 0.6) is 0 Å². The van der Waals surface area contributed by atoms with Gasteiger partial charge in [-0.3, -0.25) is 4.79 Å². The molecule has 1 heterocycles. The summed E-state index contributed by atoms with van der Waals surface area (Å²) >= 11 is 0. The molecule has 7 heteroatoms. The highest BCUT2D eigenvalue weighted by Crippen LogP contribution is 2.23. The SMILES string of the molecule is Cc1ccc(S(=O)(=O)N2CC[NH+](CC(=O)NC3CCC(C)CC3)CC2)c(C)c1. The molecule has 156 valence electrons. The zero-order chi connectivity index (χ0) is 20.3. The number of quaternary nitrogens is 1. The monoisotopic (exact) mass is 408 g/mol. The number of rotatable bonds is 5. The Morgan fingerprint density at radius 2 is 1.79 bits per heavy atom. The molecule has 28 heavy (non-hydrogen) atoms. The summed E-state index contributed by atoms with van der Waals surface area (Å²) in [5, 5.41) is 3.18. The Kier molecular flexibility index (Phi) is 6.78. The van der Waals surface area contributed by atoms with Crippen molar-refractivity contribution in [2.75, 3.05) is 32.7 Å². The van der Waals surface area contributed by atoms with Crippen LogP contribution in [0.25, 0.3) is 0 Å². The van der Waals surface area contributed by atoms with Gasteiger partial charge in [-0.25, -0.2) is 8.42 Å². The minimum absolute atomic E-state index is 0.0974. The van der Waals surface area contributed by atoms with E-state index in [0.717, 1.165) is 34.8 Å². The molecule has 1 aromatic carbocycles. The molecule has 1 aromatic rings. The maximum atomic E-state index is 13.0. The Labute approximate surface area is 169 Å². The average Bonchev–Trinajstić information content (AvgIpc) is 2.64. The molecule has 1 aliphatic carbocycles. The smallest absolute Gasteiger partial charge is 0.275 e. The summed E-state index contributed by atoms with van der Waals surface area (Å²) in [5.74, 6) is 0.867. The van der Waals surface area contributed by atoms with Gasteiger partial charge in [-0.1, -0.05) is 24.6 Å². The van der Waals surface area contributed by atoms with E-state index in [1.807, 2.05) is 26.0 Å². The number of nitrogens with zero attached hydrogens (tertiary/aromatic N) is 1. The molecule has 1 saturated carbocycles. The first-order chi connectivity index (χ1) is 13.3. The second-order valence-corrected chi connectivity index (χ2v) is 10.5. The fraction of sp³-hybridized carbons (Fsp3) is 0.667. The molecule has 6 nitrogen and oxygen atoms in total. The van der Waals surface area contributed by atoms with E-state index in [4.69, 9.17) is 0 Å². The van der Waals surface area contributed by atoms with E-state index in [2.05, 4.69) is 12.2 Å². The first-order valence-electron chi connectivity index (χ1n) is 10.5. The topological polar surface area (TPSA) is 70.9 Å². The molecule has 2 fully saturated rings. The van der Waals surface area contributed by atoms with Crippen molar-refractivity contribution < 1.29 is 18.1 Å². The maximum Gasteiger partial charge on any atom is 0.275 e. The number of carbonyl (C=O) groups excluding carboxylic acids is 1. The number of nitrogens with one attached hydrogen (secondary N) is 2. The lowest BCUT2D eigenvalue weighted by atomic mass is 9.87. The Balaban J connectivity index is 1.50. The van der Waals surface area contributed by atoms with E-state index in [9.17, 15) is 13.2 Å². The summed E-state index contributed by atoms with van der Waals surface area (Å²) in [7, 11) is -3.47. The fourth-order valence-electron chi connectivity index (χ4n) is 4.36. The Bertz CT molecular complexity index is 793. The fourth-order valence-corrected chi connectivity index (χ4v) is 6.00. The summed E-state index contributed by atoms with van der Waals surface area (Å²) in [6.07, 6.45) is 4.52. The molecule has 0 aromatic heterocycles. The minimum atomic E-state index is -3.47. The van der Waals surface area contributed by atoms with Gasteiger partial charge in [0, 0.05) is 6.04 Å². The van der Waals surface area contributed by atoms with Gasteiger partial charge in [0.05, 0.1) is 31.1 Å². The molecule has 0 atom stereocenters. The van der Waals surface area contributed by atoms with Crippen molar-refractivity contribution in [1.82, 2.24) is 9.62 Å². The van der Waals surface area contributed by atoms with Crippen LogP contribution >= 0.6 is 0 Å². The quantitative estimate of drug-likeness (QED) is 0.760. The molecule has 1 aliphatic heterocycles. The van der Waals surface area contributed by atoms with Crippen molar-refractivity contribution in [2.24, 2.45) is 5.92 Å². The first-order valence-corrected chi connectivity index (χ1v) is 11.9. The molecule has 2 N–H and O–H groups in total. The summed E-state index contributed by atoms with van der Waals surface area (Å²) in [6, 6.07) is 5.77. The van der Waals surface area contributed by atoms with Crippen LogP contribution in [0.4, 0.5) is 0 Å². The normalized spacial score (nSPS) is 24.8. The maximum absolute atomic E-state index is 13.0. The van der Waals surface area contributed by atoms with Crippen LogP contribution in [-0.2, 0) is 14.8 Å². The van der Waals surface area contributed by atoms with Gasteiger partial charge in [0.2, 0.25) is 10.0 Å². The van der Waals surface area contributed by atoms with E-state index in [1.165, 1.54) is 12.8 Å². The summed E-state index contributed by atoms with van der Waals surface area (Å²) in [5.41, 5.74) is 1.85. The molecule has 0 unspecified atom stereocenters. The largest absolute Gasteiger partial charge is 0.348 e. The molecule has 1 saturated heterocycles. The molecular formula is C21H34N3O3S+. The first kappa shape index (κ1) is 21.3. The van der Waals surface area contributed by atoms with Gasteiger partial charge in [0.15, 0.2) is 6.54 Å². The van der Waals surface area contributed by atoms with Crippen LogP contribution < -0.4 is 10.2 Å². The molecule has 0 radical (unpaired) electrons. The number of amides is 1. The number of aryl methyl sites for hydroxylation is 2. The third-order valence-corrected chi connectivity index (χ3v) is 8.23. The van der Waals surface area contributed by atoms with E-state index in [0.29, 0.717) is 43.7 Å². The van der Waals surface area contributed by atoms with E-state index in [-0.39, 0.29) is 5.91 Å². The molecule has 0 bridgehead atoms. The molecular weight excluding hydrogens is 374 g/mol. The van der Waals surface area contributed by atoms with Crippen LogP contribution in [-0.4, -0.2) is 57.4 Å². The van der Waals surface area contributed by atoms with Crippen LogP contribution in [0.2, 0.25) is 0 Å². The van der Waals surface area contributed by atoms with Crippen molar-refractivity contribution in [2.45, 2.75) is 57.4 Å². The van der Waals surface area contributed by atoms with Gasteiger partial charge in [-0.2, -0.15) is 4.31 Å². The van der Waals surface area contributed by atoms with Crippen molar-refractivity contribution >= 4 is 15.9 Å². The van der Waals surface area contributed by atoms with E-state index < -0.39 is 10.0 Å². The van der Waals surface area contributed by atoms with Gasteiger partial charge in [-0.15, -0.1) is 0 Å². The summed E-state index contributed by atoms with van der Waals surface area (Å²) in [4.78, 5) is 13.9. The zero-order valence-electron chi connectivity index (χ0n) is 17.3. The van der Waals surface area contributed by atoms with Crippen LogP contribution in [0.3, 0.4) is 0 Å². The van der Waals surface area contributed by atoms with Gasteiger partial charge in [0.1, 0.15) is 0 Å². The number of carbonyl (C=O) groups is 1. The molecule has 3 rings (SSSR count). The standard InChI is InChI=1S/C21H33N3O3S/c1-16-4-7-19(8-5-16)22-21(25)15-23-10-12-24(13-11-23)28(26,27)20-9-6-17(2)14-18(20)3/h6,9,14,16,19H,4-5,7-8,10-13,15H2,1-3H3,(H,22,25)/p+1. The molecule has 2 aliphatic rings.